The molecule has 0 radical (unpaired) electrons. The molecule has 4 atom stereocenters. The van der Waals surface area contributed by atoms with Crippen molar-refractivity contribution in [3.63, 3.8) is 0 Å². The molecule has 7 nitrogen and oxygen atoms in total. The van der Waals surface area contributed by atoms with Crippen LogP contribution in [0.2, 0.25) is 0 Å². The van der Waals surface area contributed by atoms with E-state index in [0.717, 1.165) is 10.7 Å². The first-order chi connectivity index (χ1) is 12.7. The van der Waals surface area contributed by atoms with Crippen LogP contribution in [0.25, 0.3) is 6.08 Å². The van der Waals surface area contributed by atoms with Gasteiger partial charge < -0.3 is 20.0 Å². The van der Waals surface area contributed by atoms with Gasteiger partial charge in [-0.3, -0.25) is 9.59 Å². The van der Waals surface area contributed by atoms with Crippen molar-refractivity contribution in [1.82, 2.24) is 14.8 Å². The van der Waals surface area contributed by atoms with E-state index < -0.39 is 17.7 Å². The second-order valence-electron chi connectivity index (χ2n) is 7.67. The molecule has 0 aliphatic carbocycles. The van der Waals surface area contributed by atoms with Crippen LogP contribution in [-0.4, -0.2) is 74.2 Å². The quantitative estimate of drug-likeness (QED) is 0.736. The molecule has 2 amide bonds. The number of hydrogen-bond donors (Lipinski definition) is 2. The number of hydrogen-bond acceptors (Lipinski definition) is 6. The number of aromatic nitrogens is 1. The average molecular weight is 394 g/mol. The average Bonchev–Trinajstić information content (AvgIpc) is 2.97. The highest BCUT2D eigenvalue weighted by Crippen LogP contribution is 2.37. The van der Waals surface area contributed by atoms with Crippen LogP contribution >= 0.6 is 11.3 Å². The van der Waals surface area contributed by atoms with E-state index >= 15 is 0 Å². The van der Waals surface area contributed by atoms with Crippen LogP contribution in [0.4, 0.5) is 0 Å². The lowest BCUT2D eigenvalue weighted by Crippen LogP contribution is -2.60. The number of rotatable bonds is 2. The third kappa shape index (κ3) is 3.93. The molecule has 2 aliphatic heterocycles. The zero-order chi connectivity index (χ0) is 19.8. The maximum atomic E-state index is 13.0. The Bertz CT molecular complexity index is 749. The number of amides is 2. The lowest BCUT2D eigenvalue weighted by molar-refractivity contribution is -0.140. The lowest BCUT2D eigenvalue weighted by atomic mass is 9.83. The zero-order valence-electron chi connectivity index (χ0n) is 16.0. The smallest absolute Gasteiger partial charge is 0.247 e. The predicted molar refractivity (Wildman–Crippen MR) is 103 cm³/mol. The van der Waals surface area contributed by atoms with Crippen molar-refractivity contribution in [2.24, 2.45) is 0 Å². The van der Waals surface area contributed by atoms with Crippen molar-refractivity contribution in [2.75, 3.05) is 13.6 Å². The molecule has 27 heavy (non-hydrogen) atoms. The summed E-state index contributed by atoms with van der Waals surface area (Å²) in [6, 6.07) is -0.268. The number of aryl methyl sites for hydroxylation is 1. The van der Waals surface area contributed by atoms with Crippen molar-refractivity contribution in [3.8, 4) is 0 Å². The normalized spacial score (nSPS) is 32.3. The summed E-state index contributed by atoms with van der Waals surface area (Å²) in [5.41, 5.74) is -0.0113. The molecule has 3 rings (SSSR count). The highest BCUT2D eigenvalue weighted by molar-refractivity contribution is 7.09. The molecule has 0 aromatic carbocycles. The largest absolute Gasteiger partial charge is 0.390 e. The number of aliphatic hydroxyl groups excluding tert-OH is 2. The van der Waals surface area contributed by atoms with E-state index in [2.05, 4.69) is 4.98 Å². The molecular formula is C19H27N3O4S. The van der Waals surface area contributed by atoms with Gasteiger partial charge in [0.1, 0.15) is 0 Å². The van der Waals surface area contributed by atoms with E-state index in [0.29, 0.717) is 19.3 Å². The summed E-state index contributed by atoms with van der Waals surface area (Å²) in [5.74, 6) is -0.239. The molecule has 3 heterocycles. The van der Waals surface area contributed by atoms with Gasteiger partial charge in [-0.1, -0.05) is 0 Å². The Morgan fingerprint density at radius 1 is 1.41 bits per heavy atom. The highest BCUT2D eigenvalue weighted by atomic mass is 32.1. The molecule has 1 aromatic rings. The van der Waals surface area contributed by atoms with Gasteiger partial charge in [-0.15, -0.1) is 11.3 Å². The van der Waals surface area contributed by atoms with Gasteiger partial charge in [0.05, 0.1) is 34.5 Å². The molecule has 2 fully saturated rings. The second kappa shape index (κ2) is 7.69. The first kappa shape index (κ1) is 20.0. The summed E-state index contributed by atoms with van der Waals surface area (Å²) in [7, 11) is 1.72. The molecule has 8 heteroatoms. The first-order valence-electron chi connectivity index (χ1n) is 9.26. The van der Waals surface area contributed by atoms with Crippen LogP contribution in [-0.2, 0) is 9.59 Å². The summed E-state index contributed by atoms with van der Waals surface area (Å²) in [4.78, 5) is 33.0. The van der Waals surface area contributed by atoms with E-state index in [1.807, 2.05) is 19.2 Å². The third-order valence-electron chi connectivity index (χ3n) is 5.87. The molecule has 0 saturated carbocycles. The SMILES string of the molecule is Cc1nc(/C=C/C(=O)N2C[C@H](O)[C@H](O)C[C@@]3(C)[C@H]2CCCC(=O)N3C)cs1. The minimum atomic E-state index is -1.05. The van der Waals surface area contributed by atoms with E-state index in [-0.39, 0.29) is 30.8 Å². The highest BCUT2D eigenvalue weighted by Gasteiger charge is 2.50. The van der Waals surface area contributed by atoms with Crippen LogP contribution in [0.3, 0.4) is 0 Å². The van der Waals surface area contributed by atoms with Crippen molar-refractivity contribution < 1.29 is 19.8 Å². The standard InChI is InChI=1S/C19H27N3O4S/c1-12-20-13(11-27-12)7-8-18(26)22-10-15(24)14(23)9-19(2)16(22)5-4-6-17(25)21(19)3/h7-8,11,14-16,23-24H,4-6,9-10H2,1-3H3/b8-7+/t14-,15+,16-,19+/m1/s1. The van der Waals surface area contributed by atoms with Gasteiger partial charge in [0.2, 0.25) is 11.8 Å². The van der Waals surface area contributed by atoms with Crippen molar-refractivity contribution in [2.45, 2.75) is 63.3 Å². The van der Waals surface area contributed by atoms with Gasteiger partial charge in [-0.2, -0.15) is 0 Å². The van der Waals surface area contributed by atoms with E-state index in [1.165, 1.54) is 17.4 Å². The number of thiazole rings is 1. The number of likely N-dealkylation sites (N-methyl/N-ethyl adjacent to an activating group) is 1. The predicted octanol–water partition coefficient (Wildman–Crippen LogP) is 1.19. The minimum absolute atomic E-state index is 0.00415. The summed E-state index contributed by atoms with van der Waals surface area (Å²) in [6.45, 7) is 3.85. The number of likely N-dealkylation sites (tertiary alicyclic amines) is 2. The van der Waals surface area contributed by atoms with Crippen molar-refractivity contribution >= 4 is 29.2 Å². The third-order valence-corrected chi connectivity index (χ3v) is 6.66. The number of β-amino-alcohol motifs (C(OH)–C–C–N with tert-alkyl or cyclic N) is 1. The van der Waals surface area contributed by atoms with Gasteiger partial charge in [-0.05, 0) is 32.8 Å². The monoisotopic (exact) mass is 393 g/mol. The van der Waals surface area contributed by atoms with Crippen LogP contribution < -0.4 is 0 Å². The fourth-order valence-corrected chi connectivity index (χ4v) is 4.74. The fourth-order valence-electron chi connectivity index (χ4n) is 4.16. The van der Waals surface area contributed by atoms with Gasteiger partial charge in [0, 0.05) is 37.9 Å². The van der Waals surface area contributed by atoms with E-state index in [9.17, 15) is 19.8 Å². The Labute approximate surface area is 163 Å². The summed E-state index contributed by atoms with van der Waals surface area (Å²) in [6.07, 6.45) is 3.09. The topological polar surface area (TPSA) is 94.0 Å². The number of fused-ring (bicyclic) bond motifs is 1. The summed E-state index contributed by atoms with van der Waals surface area (Å²) >= 11 is 1.51. The maximum Gasteiger partial charge on any atom is 0.247 e. The Hall–Kier alpha value is -1.77. The van der Waals surface area contributed by atoms with Crippen LogP contribution in [0.15, 0.2) is 11.5 Å². The van der Waals surface area contributed by atoms with Crippen molar-refractivity contribution in [3.05, 3.63) is 22.2 Å². The molecule has 148 valence electrons. The number of carbonyl (C=O) groups excluding carboxylic acids is 2. The Kier molecular flexibility index (Phi) is 5.69. The fraction of sp³-hybridized carbons (Fsp3) is 0.632. The van der Waals surface area contributed by atoms with E-state index in [4.69, 9.17) is 0 Å². The molecule has 1 aromatic heterocycles. The molecule has 2 N–H and O–H groups in total. The number of carbonyl (C=O) groups is 2. The lowest BCUT2D eigenvalue weighted by Gasteiger charge is -2.46. The summed E-state index contributed by atoms with van der Waals surface area (Å²) < 4.78 is 0. The molecular weight excluding hydrogens is 366 g/mol. The first-order valence-corrected chi connectivity index (χ1v) is 10.1. The molecule has 2 saturated heterocycles. The maximum absolute atomic E-state index is 13.0. The number of aliphatic hydroxyl groups is 2. The molecule has 0 bridgehead atoms. The molecule has 0 spiro atoms. The van der Waals surface area contributed by atoms with Crippen LogP contribution in [0.5, 0.6) is 0 Å². The Morgan fingerprint density at radius 3 is 2.81 bits per heavy atom. The number of nitrogens with zero attached hydrogens (tertiary/aromatic N) is 3. The van der Waals surface area contributed by atoms with Gasteiger partial charge >= 0.3 is 0 Å². The molecule has 2 aliphatic rings. The van der Waals surface area contributed by atoms with Crippen LogP contribution in [0.1, 0.15) is 43.3 Å². The minimum Gasteiger partial charge on any atom is -0.390 e. The summed E-state index contributed by atoms with van der Waals surface area (Å²) in [5, 5.41) is 23.6. The molecule has 0 unspecified atom stereocenters. The van der Waals surface area contributed by atoms with Crippen LogP contribution in [0, 0.1) is 6.92 Å². The van der Waals surface area contributed by atoms with Gasteiger partial charge in [-0.25, -0.2) is 4.98 Å². The van der Waals surface area contributed by atoms with Crippen molar-refractivity contribution in [1.29, 1.82) is 0 Å². The zero-order valence-corrected chi connectivity index (χ0v) is 16.8. The second-order valence-corrected chi connectivity index (χ2v) is 8.73. The Balaban J connectivity index is 1.92. The Morgan fingerprint density at radius 2 is 2.15 bits per heavy atom. The van der Waals surface area contributed by atoms with E-state index in [1.54, 1.807) is 22.9 Å². The van der Waals surface area contributed by atoms with Gasteiger partial charge in [0.15, 0.2) is 0 Å². The van der Waals surface area contributed by atoms with Gasteiger partial charge in [0.25, 0.3) is 0 Å².